The Morgan fingerprint density at radius 2 is 1.11 bits per heavy atom. The number of carboxylic acids is 1. The summed E-state index contributed by atoms with van der Waals surface area (Å²) in [7, 11) is 0. The zero-order chi connectivity index (χ0) is 36.9. The summed E-state index contributed by atoms with van der Waals surface area (Å²) < 4.78 is 11.8. The Balaban J connectivity index is 0.000000157. The molecule has 0 saturated carbocycles. The first-order valence-corrected chi connectivity index (χ1v) is 17.6. The highest BCUT2D eigenvalue weighted by molar-refractivity contribution is 5.83. The van der Waals surface area contributed by atoms with E-state index < -0.39 is 5.97 Å². The summed E-state index contributed by atoms with van der Waals surface area (Å²) >= 11 is 0. The zero-order valence-corrected chi connectivity index (χ0v) is 29.2. The molecule has 1 fully saturated rings. The van der Waals surface area contributed by atoms with Crippen molar-refractivity contribution >= 4 is 34.2 Å². The van der Waals surface area contributed by atoms with Gasteiger partial charge in [0.25, 0.3) is 0 Å². The van der Waals surface area contributed by atoms with E-state index in [1.54, 1.807) is 12.4 Å². The average molecular weight is 714 g/mol. The van der Waals surface area contributed by atoms with Gasteiger partial charge < -0.3 is 13.9 Å². The Bertz CT molecular complexity index is 2530. The monoisotopic (exact) mass is 713 g/mol. The van der Waals surface area contributed by atoms with E-state index >= 15 is 0 Å². The van der Waals surface area contributed by atoms with Gasteiger partial charge in [-0.2, -0.15) is 0 Å². The molecule has 1 aliphatic rings. The first-order valence-electron chi connectivity index (χ1n) is 17.6. The number of aliphatic carboxylic acids is 1. The number of aromatic nitrogens is 4. The van der Waals surface area contributed by atoms with E-state index in [2.05, 4.69) is 85.5 Å². The summed E-state index contributed by atoms with van der Waals surface area (Å²) in [4.78, 5) is 40.9. The first-order chi connectivity index (χ1) is 26.5. The lowest BCUT2D eigenvalue weighted by Crippen LogP contribution is -2.49. The number of rotatable bonds is 10. The number of hydrogen-bond acceptors (Lipinski definition) is 9. The minimum atomic E-state index is -0.727. The highest BCUT2D eigenvalue weighted by atomic mass is 16.4. The summed E-state index contributed by atoms with van der Waals surface area (Å²) in [5, 5.41) is 11.0. The van der Waals surface area contributed by atoms with E-state index in [1.165, 1.54) is 34.6 Å². The van der Waals surface area contributed by atoms with E-state index in [-0.39, 0.29) is 5.92 Å². The predicted octanol–water partition coefficient (Wildman–Crippen LogP) is 8.29. The highest BCUT2D eigenvalue weighted by Gasteiger charge is 2.32. The van der Waals surface area contributed by atoms with E-state index in [0.29, 0.717) is 48.4 Å². The average Bonchev–Trinajstić information content (AvgIpc) is 3.82. The molecule has 266 valence electrons. The molecule has 4 aromatic heterocycles. The second kappa shape index (κ2) is 15.4. The van der Waals surface area contributed by atoms with Crippen molar-refractivity contribution in [3.63, 3.8) is 0 Å². The number of furan rings is 2. The smallest absolute Gasteiger partial charge is 0.309 e. The van der Waals surface area contributed by atoms with Gasteiger partial charge in [-0.3, -0.25) is 14.5 Å². The number of likely N-dealkylation sites (tertiary alicyclic amines) is 1. The van der Waals surface area contributed by atoms with E-state index in [1.807, 2.05) is 48.5 Å². The van der Waals surface area contributed by atoms with Crippen molar-refractivity contribution in [3.8, 4) is 23.2 Å². The third-order valence-corrected chi connectivity index (χ3v) is 9.33. The van der Waals surface area contributed by atoms with Gasteiger partial charge in [-0.15, -0.1) is 0 Å². The van der Waals surface area contributed by atoms with Crippen molar-refractivity contribution in [2.45, 2.75) is 19.4 Å². The number of fused-ring (bicyclic) bond motifs is 2. The van der Waals surface area contributed by atoms with Crippen LogP contribution >= 0.6 is 0 Å². The lowest BCUT2D eigenvalue weighted by Gasteiger charge is -2.36. The Labute approximate surface area is 310 Å². The normalized spacial score (nSPS) is 13.0. The third kappa shape index (κ3) is 7.99. The summed E-state index contributed by atoms with van der Waals surface area (Å²) in [5.41, 5.74) is 8.01. The van der Waals surface area contributed by atoms with Crippen LogP contribution in [0.1, 0.15) is 38.2 Å². The number of aldehydes is 1. The molecular weight excluding hydrogens is 679 g/mol. The molecular formula is C44H35N5O5. The fraction of sp³-hybridized carbons (Fsp3) is 0.136. The summed E-state index contributed by atoms with van der Waals surface area (Å²) in [5.74, 6) is 1.28. The van der Waals surface area contributed by atoms with Gasteiger partial charge in [0.05, 0.1) is 11.5 Å². The fourth-order valence-corrected chi connectivity index (χ4v) is 6.49. The second-order valence-corrected chi connectivity index (χ2v) is 13.4. The molecule has 1 aliphatic heterocycles. The number of carboxylic acid groups (broad SMARTS) is 1. The Hall–Kier alpha value is -6.78. The highest BCUT2D eigenvalue weighted by Crippen LogP contribution is 2.29. The molecule has 5 heterocycles. The lowest BCUT2D eigenvalue weighted by atomic mass is 10.0. The number of nitrogens with zero attached hydrogens (tertiary/aromatic N) is 5. The molecule has 4 aromatic carbocycles. The Morgan fingerprint density at radius 1 is 0.630 bits per heavy atom. The molecule has 54 heavy (non-hydrogen) atoms. The summed E-state index contributed by atoms with van der Waals surface area (Å²) in [6.07, 6.45) is 9.02. The van der Waals surface area contributed by atoms with Crippen LogP contribution in [0.4, 0.5) is 0 Å². The third-order valence-electron chi connectivity index (χ3n) is 9.33. The van der Waals surface area contributed by atoms with E-state index in [4.69, 9.17) is 13.9 Å². The van der Waals surface area contributed by atoms with Crippen LogP contribution in [0.3, 0.4) is 0 Å². The van der Waals surface area contributed by atoms with Crippen molar-refractivity contribution in [2.75, 3.05) is 13.1 Å². The van der Waals surface area contributed by atoms with Crippen molar-refractivity contribution in [3.05, 3.63) is 167 Å². The summed E-state index contributed by atoms with van der Waals surface area (Å²) in [6, 6.07) is 37.0. The summed E-state index contributed by atoms with van der Waals surface area (Å²) in [6.45, 7) is 1.81. The lowest BCUT2D eigenvalue weighted by molar-refractivity contribution is -0.147. The number of carbonyl (C=O) groups excluding carboxylic acids is 1. The Morgan fingerprint density at radius 3 is 1.57 bits per heavy atom. The molecule has 10 heteroatoms. The largest absolute Gasteiger partial charge is 0.481 e. The SMILES string of the molecule is O=C(O)C1CN(Cc2cnc(-c3cc4cc(Cc5ccccc5)ccc4o3)nc2)C1.O=Cc1cnc(-c2cc3cc(Cc4ccccc4)ccc3o2)nc1. The van der Waals surface area contributed by atoms with Gasteiger partial charge in [-0.1, -0.05) is 72.8 Å². The predicted molar refractivity (Wildman–Crippen MR) is 205 cm³/mol. The van der Waals surface area contributed by atoms with Crippen LogP contribution in [0.5, 0.6) is 0 Å². The maximum absolute atomic E-state index is 10.9. The molecule has 1 saturated heterocycles. The molecule has 0 unspecified atom stereocenters. The molecule has 0 aliphatic carbocycles. The molecule has 8 aromatic rings. The zero-order valence-electron chi connectivity index (χ0n) is 29.2. The van der Waals surface area contributed by atoms with Crippen LogP contribution in [0.2, 0.25) is 0 Å². The van der Waals surface area contributed by atoms with Gasteiger partial charge in [-0.25, -0.2) is 19.9 Å². The molecule has 9 rings (SSSR count). The second-order valence-electron chi connectivity index (χ2n) is 13.4. The van der Waals surface area contributed by atoms with Crippen LogP contribution in [-0.4, -0.2) is 55.3 Å². The van der Waals surface area contributed by atoms with E-state index in [9.17, 15) is 9.59 Å². The maximum Gasteiger partial charge on any atom is 0.309 e. The van der Waals surface area contributed by atoms with Gasteiger partial charge in [0.1, 0.15) is 11.2 Å². The number of carbonyl (C=O) groups is 2. The van der Waals surface area contributed by atoms with Crippen LogP contribution in [0, 0.1) is 5.92 Å². The molecule has 0 spiro atoms. The standard InChI is InChI=1S/C24H21N3O3.C20H14N2O2/c28-24(29)20-14-27(15-20)13-18-11-25-23(26-12-18)22-10-19-9-17(6-7-21(19)30-22)8-16-4-2-1-3-5-16;23-13-16-11-21-20(22-12-16)19-10-17-9-15(6-7-18(17)24-19)8-14-4-2-1-3-5-14/h1-7,9-12,20H,8,13-15H2,(H,28,29);1-7,9-13H,8H2. The quantitative estimate of drug-likeness (QED) is 0.138. The molecule has 0 amide bonds. The minimum Gasteiger partial charge on any atom is -0.481 e. The molecule has 10 nitrogen and oxygen atoms in total. The first kappa shape index (κ1) is 34.3. The van der Waals surface area contributed by atoms with Crippen LogP contribution < -0.4 is 0 Å². The topological polar surface area (TPSA) is 135 Å². The Kier molecular flexibility index (Phi) is 9.82. The number of hydrogen-bond donors (Lipinski definition) is 1. The molecule has 0 radical (unpaired) electrons. The maximum atomic E-state index is 10.9. The van der Waals surface area contributed by atoms with Crippen molar-refractivity contribution in [1.82, 2.24) is 24.8 Å². The fourth-order valence-electron chi connectivity index (χ4n) is 6.49. The van der Waals surface area contributed by atoms with Crippen LogP contribution in [0.15, 0.2) is 143 Å². The van der Waals surface area contributed by atoms with Gasteiger partial charge >= 0.3 is 5.97 Å². The van der Waals surface area contributed by atoms with Crippen LogP contribution in [0.25, 0.3) is 45.1 Å². The van der Waals surface area contributed by atoms with Crippen molar-refractivity contribution in [1.29, 1.82) is 0 Å². The van der Waals surface area contributed by atoms with Gasteiger partial charge in [0.15, 0.2) is 29.5 Å². The van der Waals surface area contributed by atoms with Crippen LogP contribution in [-0.2, 0) is 24.2 Å². The number of benzene rings is 4. The molecule has 0 bridgehead atoms. The van der Waals surface area contributed by atoms with Crippen molar-refractivity contribution < 1.29 is 23.5 Å². The van der Waals surface area contributed by atoms with Gasteiger partial charge in [-0.05, 0) is 71.5 Å². The van der Waals surface area contributed by atoms with Crippen molar-refractivity contribution in [2.24, 2.45) is 5.92 Å². The van der Waals surface area contributed by atoms with E-state index in [0.717, 1.165) is 46.6 Å². The van der Waals surface area contributed by atoms with Gasteiger partial charge in [0.2, 0.25) is 0 Å². The molecule has 1 N–H and O–H groups in total. The van der Waals surface area contributed by atoms with Gasteiger partial charge in [0, 0.05) is 60.8 Å². The minimum absolute atomic E-state index is 0.257. The molecule has 0 atom stereocenters.